The number of aliphatic carboxylic acids is 1. The molecule has 5 heteroatoms. The van der Waals surface area contributed by atoms with Gasteiger partial charge in [-0.15, -0.1) is 0 Å². The molecule has 0 spiro atoms. The number of nitrogens with one attached hydrogen (secondary N) is 1. The zero-order chi connectivity index (χ0) is 7.28. The van der Waals surface area contributed by atoms with Crippen LogP contribution in [0.25, 0.3) is 0 Å². The fraction of sp³-hybridized carbons (Fsp3) is 0.750. The molecule has 0 aliphatic carbocycles. The third-order valence-electron chi connectivity index (χ3n) is 0.818. The maximum Gasteiger partial charge on any atom is 0.323 e. The zero-order valence-corrected chi connectivity index (χ0v) is 4.74. The molecule has 0 aliphatic rings. The summed E-state index contributed by atoms with van der Waals surface area (Å²) in [4.78, 5) is 9.99. The molecule has 0 rings (SSSR count). The number of aliphatic hydroxyl groups excluding tert-OH is 2. The van der Waals surface area contributed by atoms with Crippen LogP contribution in [0.4, 0.5) is 0 Å². The summed E-state index contributed by atoms with van der Waals surface area (Å²) >= 11 is 0. The fourth-order valence-electron chi connectivity index (χ4n) is 0.340. The highest BCUT2D eigenvalue weighted by molar-refractivity contribution is 5.73. The Morgan fingerprint density at radius 2 is 2.11 bits per heavy atom. The van der Waals surface area contributed by atoms with Crippen LogP contribution < -0.4 is 5.32 Å². The monoisotopic (exact) mass is 135 g/mol. The Hall–Kier alpha value is -0.650. The molecule has 0 aromatic carbocycles. The molecule has 0 aliphatic heterocycles. The van der Waals surface area contributed by atoms with Crippen LogP contribution in [0.15, 0.2) is 0 Å². The SMILES string of the molecule is O=C(O)C(CO)NCO. The minimum atomic E-state index is -1.17. The highest BCUT2D eigenvalue weighted by Crippen LogP contribution is 1.78. The molecule has 0 fully saturated rings. The van der Waals surface area contributed by atoms with Crippen molar-refractivity contribution in [3.63, 3.8) is 0 Å². The molecule has 0 saturated heterocycles. The molecule has 0 aromatic heterocycles. The number of carboxylic acid groups (broad SMARTS) is 1. The predicted molar refractivity (Wildman–Crippen MR) is 28.7 cm³/mol. The first kappa shape index (κ1) is 8.35. The Morgan fingerprint density at radius 3 is 2.22 bits per heavy atom. The number of aliphatic hydroxyl groups is 2. The lowest BCUT2D eigenvalue weighted by molar-refractivity contribution is -0.140. The van der Waals surface area contributed by atoms with Gasteiger partial charge in [-0.2, -0.15) is 0 Å². The summed E-state index contributed by atoms with van der Waals surface area (Å²) in [6.07, 6.45) is 0. The summed E-state index contributed by atoms with van der Waals surface area (Å²) in [5.74, 6) is -1.17. The summed E-state index contributed by atoms with van der Waals surface area (Å²) in [5, 5.41) is 26.7. The maximum absolute atomic E-state index is 9.99. The van der Waals surface area contributed by atoms with Crippen molar-refractivity contribution in [2.24, 2.45) is 0 Å². The summed E-state index contributed by atoms with van der Waals surface area (Å²) in [5.41, 5.74) is 0. The molecule has 0 aromatic rings. The van der Waals surface area contributed by atoms with E-state index in [1.54, 1.807) is 0 Å². The van der Waals surface area contributed by atoms with E-state index in [9.17, 15) is 4.79 Å². The van der Waals surface area contributed by atoms with Crippen LogP contribution in [0.5, 0.6) is 0 Å². The molecule has 0 amide bonds. The Labute approximate surface area is 51.9 Å². The van der Waals surface area contributed by atoms with Crippen LogP contribution in [0.3, 0.4) is 0 Å². The first-order chi connectivity index (χ1) is 4.22. The Bertz CT molecular complexity index is 94.6. The summed E-state index contributed by atoms with van der Waals surface area (Å²) < 4.78 is 0. The number of hydrogen-bond donors (Lipinski definition) is 4. The second-order valence-corrected chi connectivity index (χ2v) is 1.44. The van der Waals surface area contributed by atoms with E-state index >= 15 is 0 Å². The van der Waals surface area contributed by atoms with Crippen molar-refractivity contribution in [1.82, 2.24) is 5.32 Å². The second-order valence-electron chi connectivity index (χ2n) is 1.44. The highest BCUT2D eigenvalue weighted by Gasteiger charge is 2.13. The number of hydrogen-bond acceptors (Lipinski definition) is 4. The van der Waals surface area contributed by atoms with Crippen molar-refractivity contribution in [2.75, 3.05) is 13.3 Å². The normalized spacial score (nSPS) is 13.1. The average Bonchev–Trinajstić information content (AvgIpc) is 1.82. The van der Waals surface area contributed by atoms with Gasteiger partial charge in [0.1, 0.15) is 6.04 Å². The van der Waals surface area contributed by atoms with Gasteiger partial charge in [0.25, 0.3) is 0 Å². The molecule has 1 atom stereocenters. The van der Waals surface area contributed by atoms with E-state index in [2.05, 4.69) is 5.32 Å². The van der Waals surface area contributed by atoms with E-state index in [1.807, 2.05) is 0 Å². The minimum absolute atomic E-state index is 0.447. The van der Waals surface area contributed by atoms with Crippen molar-refractivity contribution in [3.05, 3.63) is 0 Å². The first-order valence-electron chi connectivity index (χ1n) is 2.40. The van der Waals surface area contributed by atoms with Crippen molar-refractivity contribution in [3.8, 4) is 0 Å². The van der Waals surface area contributed by atoms with Gasteiger partial charge in [0, 0.05) is 0 Å². The van der Waals surface area contributed by atoms with Gasteiger partial charge in [-0.05, 0) is 0 Å². The van der Waals surface area contributed by atoms with E-state index in [4.69, 9.17) is 15.3 Å². The van der Waals surface area contributed by atoms with Crippen LogP contribution >= 0.6 is 0 Å². The van der Waals surface area contributed by atoms with Crippen molar-refractivity contribution < 1.29 is 20.1 Å². The molecule has 0 radical (unpaired) electrons. The van der Waals surface area contributed by atoms with Gasteiger partial charge < -0.3 is 15.3 Å². The molecular weight excluding hydrogens is 126 g/mol. The molecule has 1 unspecified atom stereocenters. The third-order valence-corrected chi connectivity index (χ3v) is 0.818. The topological polar surface area (TPSA) is 89.8 Å². The van der Waals surface area contributed by atoms with Gasteiger partial charge in [0.05, 0.1) is 13.3 Å². The molecule has 0 saturated carbocycles. The first-order valence-corrected chi connectivity index (χ1v) is 2.40. The average molecular weight is 135 g/mol. The number of carboxylic acids is 1. The molecule has 9 heavy (non-hydrogen) atoms. The van der Waals surface area contributed by atoms with Crippen LogP contribution in [0.2, 0.25) is 0 Å². The van der Waals surface area contributed by atoms with Gasteiger partial charge in [-0.1, -0.05) is 0 Å². The van der Waals surface area contributed by atoms with Crippen LogP contribution in [-0.4, -0.2) is 40.7 Å². The molecular formula is C4H9NO4. The maximum atomic E-state index is 9.99. The predicted octanol–water partition coefficient (Wildman–Crippen LogP) is -2.03. The second kappa shape index (κ2) is 4.25. The van der Waals surface area contributed by atoms with Gasteiger partial charge in [-0.3, -0.25) is 10.1 Å². The molecule has 0 heterocycles. The van der Waals surface area contributed by atoms with Gasteiger partial charge in [-0.25, -0.2) is 0 Å². The molecule has 5 nitrogen and oxygen atoms in total. The van der Waals surface area contributed by atoms with E-state index in [0.29, 0.717) is 0 Å². The number of rotatable bonds is 4. The highest BCUT2D eigenvalue weighted by atomic mass is 16.4. The Balaban J connectivity index is 3.54. The Morgan fingerprint density at radius 1 is 1.56 bits per heavy atom. The van der Waals surface area contributed by atoms with Crippen LogP contribution in [0, 0.1) is 0 Å². The van der Waals surface area contributed by atoms with E-state index in [0.717, 1.165) is 0 Å². The van der Waals surface area contributed by atoms with Gasteiger partial charge in [0.15, 0.2) is 0 Å². The largest absolute Gasteiger partial charge is 0.480 e. The smallest absolute Gasteiger partial charge is 0.323 e. The zero-order valence-electron chi connectivity index (χ0n) is 4.74. The minimum Gasteiger partial charge on any atom is -0.480 e. The van der Waals surface area contributed by atoms with E-state index in [1.165, 1.54) is 0 Å². The lowest BCUT2D eigenvalue weighted by Crippen LogP contribution is -2.40. The Kier molecular flexibility index (Phi) is 3.94. The summed E-state index contributed by atoms with van der Waals surface area (Å²) in [6, 6.07) is -1.06. The van der Waals surface area contributed by atoms with Crippen molar-refractivity contribution in [2.45, 2.75) is 6.04 Å². The van der Waals surface area contributed by atoms with Gasteiger partial charge in [0.2, 0.25) is 0 Å². The van der Waals surface area contributed by atoms with E-state index < -0.39 is 25.3 Å². The summed E-state index contributed by atoms with van der Waals surface area (Å²) in [7, 11) is 0. The standard InChI is InChI=1S/C4H9NO4/c6-1-3(4(8)9)5-2-7/h3,5-7H,1-2H2,(H,8,9). The molecule has 54 valence electrons. The lowest BCUT2D eigenvalue weighted by Gasteiger charge is -2.06. The van der Waals surface area contributed by atoms with Crippen LogP contribution in [0.1, 0.15) is 0 Å². The molecule has 4 N–H and O–H groups in total. The quantitative estimate of drug-likeness (QED) is 0.334. The third kappa shape index (κ3) is 3.02. The summed E-state index contributed by atoms with van der Waals surface area (Å²) in [6.45, 7) is -0.965. The lowest BCUT2D eigenvalue weighted by atomic mass is 10.3. The molecule has 0 bridgehead atoms. The fourth-order valence-corrected chi connectivity index (χ4v) is 0.340. The van der Waals surface area contributed by atoms with E-state index in [-0.39, 0.29) is 0 Å². The van der Waals surface area contributed by atoms with Crippen LogP contribution in [-0.2, 0) is 4.79 Å². The van der Waals surface area contributed by atoms with Gasteiger partial charge >= 0.3 is 5.97 Å². The van der Waals surface area contributed by atoms with Crippen molar-refractivity contribution >= 4 is 5.97 Å². The number of carbonyl (C=O) groups is 1. The van der Waals surface area contributed by atoms with Crippen molar-refractivity contribution in [1.29, 1.82) is 0 Å².